The number of hydrogen-bond donors (Lipinski definition) is 3. The van der Waals surface area contributed by atoms with Gasteiger partial charge >= 0.3 is 0 Å². The molecule has 8 nitrogen and oxygen atoms in total. The highest BCUT2D eigenvalue weighted by molar-refractivity contribution is 7.13. The largest absolute Gasteiger partial charge is 0.391 e. The van der Waals surface area contributed by atoms with Crippen molar-refractivity contribution in [2.75, 3.05) is 12.4 Å². The van der Waals surface area contributed by atoms with Crippen molar-refractivity contribution in [1.29, 1.82) is 0 Å². The van der Waals surface area contributed by atoms with Gasteiger partial charge in [0.05, 0.1) is 22.2 Å². The number of carbonyl (C=O) groups is 3. The lowest BCUT2D eigenvalue weighted by Crippen LogP contribution is -2.58. The molecule has 0 bridgehead atoms. The third kappa shape index (κ3) is 6.14. The zero-order valence-electron chi connectivity index (χ0n) is 19.8. The summed E-state index contributed by atoms with van der Waals surface area (Å²) in [6, 6.07) is 6.17. The first-order valence-corrected chi connectivity index (χ1v) is 12.5. The lowest BCUT2D eigenvalue weighted by atomic mass is 9.85. The van der Waals surface area contributed by atoms with Gasteiger partial charge in [-0.25, -0.2) is 4.98 Å². The molecule has 0 saturated carbocycles. The van der Waals surface area contributed by atoms with E-state index in [4.69, 9.17) is 11.6 Å². The Labute approximate surface area is 208 Å². The highest BCUT2D eigenvalue weighted by Gasteiger charge is 2.44. The van der Waals surface area contributed by atoms with Crippen LogP contribution in [0.25, 0.3) is 10.4 Å². The van der Waals surface area contributed by atoms with Crippen LogP contribution in [0.15, 0.2) is 29.8 Å². The summed E-state index contributed by atoms with van der Waals surface area (Å²) < 4.78 is 0. The number of aliphatic hydroxyl groups excluding tert-OH is 1. The van der Waals surface area contributed by atoms with E-state index in [1.54, 1.807) is 11.3 Å². The maximum absolute atomic E-state index is 13.3. The normalized spacial score (nSPS) is 19.1. The van der Waals surface area contributed by atoms with Gasteiger partial charge in [0, 0.05) is 19.5 Å². The molecule has 1 aliphatic rings. The van der Waals surface area contributed by atoms with Crippen LogP contribution in [0.5, 0.6) is 0 Å². The number of aromatic nitrogens is 1. The van der Waals surface area contributed by atoms with E-state index in [0.29, 0.717) is 6.54 Å². The van der Waals surface area contributed by atoms with Gasteiger partial charge in [0.15, 0.2) is 0 Å². The molecule has 1 unspecified atom stereocenters. The van der Waals surface area contributed by atoms with E-state index in [-0.39, 0.29) is 24.8 Å². The number of rotatable bonds is 7. The summed E-state index contributed by atoms with van der Waals surface area (Å²) in [6.45, 7) is 7.76. The number of alkyl halides is 1. The Bertz CT molecular complexity index is 1030. The monoisotopic (exact) mass is 506 g/mol. The average molecular weight is 507 g/mol. The molecule has 2 heterocycles. The van der Waals surface area contributed by atoms with E-state index >= 15 is 0 Å². The van der Waals surface area contributed by atoms with E-state index in [0.717, 1.165) is 21.7 Å². The summed E-state index contributed by atoms with van der Waals surface area (Å²) in [4.78, 5) is 45.0. The van der Waals surface area contributed by atoms with E-state index in [1.807, 2.05) is 57.5 Å². The van der Waals surface area contributed by atoms with Gasteiger partial charge in [0.2, 0.25) is 17.7 Å². The highest BCUT2D eigenvalue weighted by atomic mass is 35.5. The van der Waals surface area contributed by atoms with Gasteiger partial charge in [0.1, 0.15) is 18.0 Å². The molecule has 184 valence electrons. The highest BCUT2D eigenvalue weighted by Crippen LogP contribution is 2.28. The fourth-order valence-corrected chi connectivity index (χ4v) is 4.87. The smallest absolute Gasteiger partial charge is 0.246 e. The molecule has 3 atom stereocenters. The molecular formula is C24H31ClN4O4S. The molecule has 3 rings (SSSR count). The number of benzene rings is 1. The van der Waals surface area contributed by atoms with Crippen LogP contribution < -0.4 is 10.6 Å². The second-order valence-electron chi connectivity index (χ2n) is 9.58. The van der Waals surface area contributed by atoms with Crippen LogP contribution in [0, 0.1) is 12.3 Å². The van der Waals surface area contributed by atoms with E-state index in [1.165, 1.54) is 4.90 Å². The third-order valence-corrected chi connectivity index (χ3v) is 7.05. The van der Waals surface area contributed by atoms with Crippen LogP contribution in [0.3, 0.4) is 0 Å². The van der Waals surface area contributed by atoms with Crippen molar-refractivity contribution in [3.63, 3.8) is 0 Å². The molecule has 0 radical (unpaired) electrons. The Balaban J connectivity index is 1.67. The number of β-amino-alcohol motifs (C(OH)–C–C–N with tert-alkyl or cyclic N) is 1. The number of amides is 3. The number of aryl methyl sites for hydroxylation is 1. The number of nitrogens with one attached hydrogen (secondary N) is 2. The number of thiazole rings is 1. The number of carbonyl (C=O) groups excluding carboxylic acids is 3. The maximum atomic E-state index is 13.3. The lowest BCUT2D eigenvalue weighted by Gasteiger charge is -2.35. The van der Waals surface area contributed by atoms with Gasteiger partial charge in [-0.05, 0) is 23.5 Å². The van der Waals surface area contributed by atoms with Crippen molar-refractivity contribution in [3.05, 3.63) is 41.0 Å². The van der Waals surface area contributed by atoms with E-state index in [9.17, 15) is 19.5 Å². The van der Waals surface area contributed by atoms with Crippen molar-refractivity contribution in [2.24, 2.45) is 5.41 Å². The summed E-state index contributed by atoms with van der Waals surface area (Å²) in [5.74, 6) is -1.49. The van der Waals surface area contributed by atoms with Crippen LogP contribution >= 0.6 is 22.9 Å². The molecule has 0 spiro atoms. The number of likely N-dealkylation sites (tertiary alicyclic amines) is 1. The summed E-state index contributed by atoms with van der Waals surface area (Å²) in [7, 11) is 0. The van der Waals surface area contributed by atoms with Gasteiger partial charge in [0.25, 0.3) is 0 Å². The quantitative estimate of drug-likeness (QED) is 0.499. The van der Waals surface area contributed by atoms with E-state index in [2.05, 4.69) is 15.6 Å². The number of hydrogen-bond acceptors (Lipinski definition) is 6. The first kappa shape index (κ1) is 26.1. The lowest BCUT2D eigenvalue weighted by molar-refractivity contribution is -0.143. The van der Waals surface area contributed by atoms with Gasteiger partial charge in [-0.2, -0.15) is 0 Å². The molecule has 34 heavy (non-hydrogen) atoms. The molecule has 1 aromatic carbocycles. The standard InChI is InChI=1S/C24H31ClN4O4S/c1-14-20(34-13-27-14)16-7-5-15(6-8-16)11-26-22(32)18-9-17(30)12-29(18)23(33)21(24(2,3)4)28-19(31)10-25/h5-8,13,17-18,21,30H,9-12H2,1-4H3,(H,26,32)(H,28,31)/t17-,18+,21?/m1/s1. The minimum absolute atomic E-state index is 0.0309. The van der Waals surface area contributed by atoms with E-state index < -0.39 is 35.4 Å². The minimum atomic E-state index is -0.873. The Morgan fingerprint density at radius 1 is 1.26 bits per heavy atom. The van der Waals surface area contributed by atoms with Crippen molar-refractivity contribution >= 4 is 40.7 Å². The Kier molecular flexibility index (Phi) is 8.33. The molecule has 1 fully saturated rings. The van der Waals surface area contributed by atoms with Crippen molar-refractivity contribution in [2.45, 2.75) is 58.8 Å². The summed E-state index contributed by atoms with van der Waals surface area (Å²) in [5.41, 5.74) is 4.17. The fraction of sp³-hybridized carbons (Fsp3) is 0.500. The first-order valence-electron chi connectivity index (χ1n) is 11.1. The van der Waals surface area contributed by atoms with Crippen LogP contribution in [0.2, 0.25) is 0 Å². The molecule has 2 aromatic rings. The van der Waals surface area contributed by atoms with Gasteiger partial charge in [-0.1, -0.05) is 45.0 Å². The SMILES string of the molecule is Cc1ncsc1-c1ccc(CNC(=O)[C@@H]2C[C@@H](O)CN2C(=O)C(NC(=O)CCl)C(C)(C)C)cc1. The van der Waals surface area contributed by atoms with Crippen molar-refractivity contribution in [1.82, 2.24) is 20.5 Å². The summed E-state index contributed by atoms with van der Waals surface area (Å²) >= 11 is 7.19. The topological polar surface area (TPSA) is 112 Å². The first-order chi connectivity index (χ1) is 16.0. The number of aliphatic hydroxyl groups is 1. The molecule has 3 N–H and O–H groups in total. The third-order valence-electron chi connectivity index (χ3n) is 5.83. The average Bonchev–Trinajstić information content (AvgIpc) is 3.40. The Morgan fingerprint density at radius 2 is 1.94 bits per heavy atom. The van der Waals surface area contributed by atoms with Crippen LogP contribution in [-0.2, 0) is 20.9 Å². The Morgan fingerprint density at radius 3 is 2.50 bits per heavy atom. The number of nitrogens with zero attached hydrogens (tertiary/aromatic N) is 2. The summed E-state index contributed by atoms with van der Waals surface area (Å²) in [6.07, 6.45) is -0.674. The van der Waals surface area contributed by atoms with Crippen molar-refractivity contribution in [3.8, 4) is 10.4 Å². The molecule has 1 aromatic heterocycles. The van der Waals surface area contributed by atoms with Crippen molar-refractivity contribution < 1.29 is 19.5 Å². The van der Waals surface area contributed by atoms with Crippen LogP contribution in [0.1, 0.15) is 38.4 Å². The maximum Gasteiger partial charge on any atom is 0.246 e. The molecule has 1 saturated heterocycles. The summed E-state index contributed by atoms with van der Waals surface area (Å²) in [5, 5.41) is 15.8. The Hall–Kier alpha value is -2.49. The second-order valence-corrected chi connectivity index (χ2v) is 10.7. The molecule has 3 amide bonds. The van der Waals surface area contributed by atoms with Gasteiger partial charge in [-0.3, -0.25) is 14.4 Å². The van der Waals surface area contributed by atoms with Crippen LogP contribution in [-0.4, -0.2) is 63.3 Å². The predicted molar refractivity (Wildman–Crippen MR) is 132 cm³/mol. The molecule has 1 aliphatic heterocycles. The second kappa shape index (κ2) is 10.8. The number of halogens is 1. The zero-order chi connectivity index (χ0) is 25.0. The molecule has 10 heteroatoms. The molecule has 0 aliphatic carbocycles. The van der Waals surface area contributed by atoms with Crippen LogP contribution in [0.4, 0.5) is 0 Å². The van der Waals surface area contributed by atoms with Gasteiger partial charge in [-0.15, -0.1) is 22.9 Å². The van der Waals surface area contributed by atoms with Gasteiger partial charge < -0.3 is 20.6 Å². The molecular weight excluding hydrogens is 476 g/mol. The predicted octanol–water partition coefficient (Wildman–Crippen LogP) is 2.47. The fourth-order valence-electron chi connectivity index (χ4n) is 3.98. The zero-order valence-corrected chi connectivity index (χ0v) is 21.4. The minimum Gasteiger partial charge on any atom is -0.391 e.